The summed E-state index contributed by atoms with van der Waals surface area (Å²) in [5, 5.41) is 3.07. The predicted molar refractivity (Wildman–Crippen MR) is 93.5 cm³/mol. The highest BCUT2D eigenvalue weighted by atomic mass is 16.2. The Labute approximate surface area is 142 Å². The van der Waals surface area contributed by atoms with Gasteiger partial charge in [-0.2, -0.15) is 0 Å². The van der Waals surface area contributed by atoms with Gasteiger partial charge >= 0.3 is 6.03 Å². The molecule has 1 N–H and O–H groups in total. The third-order valence-corrected chi connectivity index (χ3v) is 5.00. The lowest BCUT2D eigenvalue weighted by molar-refractivity contribution is 0.161. The van der Waals surface area contributed by atoms with E-state index >= 15 is 0 Å². The predicted octanol–water partition coefficient (Wildman–Crippen LogP) is 3.83. The smallest absolute Gasteiger partial charge is 0.318 e. The van der Waals surface area contributed by atoms with Gasteiger partial charge in [-0.25, -0.2) is 4.79 Å². The average molecular weight is 321 g/mol. The summed E-state index contributed by atoms with van der Waals surface area (Å²) in [6, 6.07) is 15.0. The second-order valence-electron chi connectivity index (χ2n) is 6.73. The molecule has 1 unspecified atom stereocenters. The Bertz CT molecular complexity index is 712. The topological polar surface area (TPSA) is 45.2 Å². The zero-order valence-corrected chi connectivity index (χ0v) is 13.8. The van der Waals surface area contributed by atoms with Gasteiger partial charge < -0.3 is 10.2 Å². The number of benzene rings is 1. The van der Waals surface area contributed by atoms with Crippen molar-refractivity contribution < 1.29 is 4.79 Å². The van der Waals surface area contributed by atoms with Crippen molar-refractivity contribution in [3.8, 4) is 0 Å². The van der Waals surface area contributed by atoms with E-state index in [0.717, 1.165) is 37.8 Å². The SMILES string of the molecule is O=C(NCc1ccccn1)N(C1CC1)C1CCCc2ccccc21. The lowest BCUT2D eigenvalue weighted by atomic mass is 9.87. The lowest BCUT2D eigenvalue weighted by Gasteiger charge is -2.36. The van der Waals surface area contributed by atoms with Crippen LogP contribution in [0.5, 0.6) is 0 Å². The molecular formula is C20H23N3O. The summed E-state index contributed by atoms with van der Waals surface area (Å²) >= 11 is 0. The summed E-state index contributed by atoms with van der Waals surface area (Å²) in [6.45, 7) is 0.483. The fraction of sp³-hybridized carbons (Fsp3) is 0.400. The summed E-state index contributed by atoms with van der Waals surface area (Å²) in [4.78, 5) is 19.3. The van der Waals surface area contributed by atoms with Crippen molar-refractivity contribution in [3.63, 3.8) is 0 Å². The van der Waals surface area contributed by atoms with Crippen molar-refractivity contribution in [1.29, 1.82) is 0 Å². The second kappa shape index (κ2) is 6.63. The van der Waals surface area contributed by atoms with Crippen LogP contribution in [0.15, 0.2) is 48.7 Å². The first-order valence-corrected chi connectivity index (χ1v) is 8.87. The van der Waals surface area contributed by atoms with Crippen molar-refractivity contribution in [2.45, 2.75) is 50.7 Å². The highest BCUT2D eigenvalue weighted by molar-refractivity contribution is 5.75. The third-order valence-electron chi connectivity index (χ3n) is 5.00. The number of pyridine rings is 1. The number of rotatable bonds is 4. The Morgan fingerprint density at radius 1 is 1.12 bits per heavy atom. The molecule has 1 saturated carbocycles. The van der Waals surface area contributed by atoms with E-state index in [0.29, 0.717) is 12.6 Å². The fourth-order valence-corrected chi connectivity index (χ4v) is 3.69. The molecule has 4 nitrogen and oxygen atoms in total. The van der Waals surface area contributed by atoms with E-state index in [2.05, 4.69) is 39.5 Å². The van der Waals surface area contributed by atoms with Gasteiger partial charge in [0.15, 0.2) is 0 Å². The summed E-state index contributed by atoms with van der Waals surface area (Å²) in [5.41, 5.74) is 3.63. The van der Waals surface area contributed by atoms with Crippen molar-refractivity contribution in [2.75, 3.05) is 0 Å². The van der Waals surface area contributed by atoms with Crippen molar-refractivity contribution in [1.82, 2.24) is 15.2 Å². The molecular weight excluding hydrogens is 298 g/mol. The average Bonchev–Trinajstić information content (AvgIpc) is 3.46. The maximum atomic E-state index is 12.9. The Morgan fingerprint density at radius 3 is 2.75 bits per heavy atom. The molecule has 0 radical (unpaired) electrons. The number of carbonyl (C=O) groups is 1. The molecule has 0 spiro atoms. The molecule has 2 aromatic rings. The van der Waals surface area contributed by atoms with Gasteiger partial charge in [-0.1, -0.05) is 30.3 Å². The molecule has 2 amide bonds. The molecule has 124 valence electrons. The molecule has 0 bridgehead atoms. The van der Waals surface area contributed by atoms with Crippen LogP contribution in [-0.2, 0) is 13.0 Å². The van der Waals surface area contributed by atoms with Gasteiger partial charge in [0.1, 0.15) is 0 Å². The highest BCUT2D eigenvalue weighted by Gasteiger charge is 2.39. The molecule has 1 aromatic carbocycles. The number of urea groups is 1. The van der Waals surface area contributed by atoms with Crippen LogP contribution in [0.2, 0.25) is 0 Å². The molecule has 1 aromatic heterocycles. The largest absolute Gasteiger partial charge is 0.332 e. The van der Waals surface area contributed by atoms with Gasteiger partial charge in [0.05, 0.1) is 18.3 Å². The van der Waals surface area contributed by atoms with Crippen molar-refractivity contribution in [3.05, 3.63) is 65.5 Å². The van der Waals surface area contributed by atoms with Crippen LogP contribution >= 0.6 is 0 Å². The number of amides is 2. The van der Waals surface area contributed by atoms with E-state index in [-0.39, 0.29) is 12.1 Å². The number of nitrogens with one attached hydrogen (secondary N) is 1. The first-order chi connectivity index (χ1) is 11.8. The van der Waals surface area contributed by atoms with E-state index in [1.54, 1.807) is 6.20 Å². The quantitative estimate of drug-likeness (QED) is 0.930. The summed E-state index contributed by atoms with van der Waals surface area (Å²) in [6.07, 6.45) is 7.34. The Morgan fingerprint density at radius 2 is 1.96 bits per heavy atom. The van der Waals surface area contributed by atoms with Crippen LogP contribution in [0.25, 0.3) is 0 Å². The van der Waals surface area contributed by atoms with E-state index in [9.17, 15) is 4.79 Å². The monoisotopic (exact) mass is 321 g/mol. The molecule has 1 heterocycles. The van der Waals surface area contributed by atoms with Crippen LogP contribution in [-0.4, -0.2) is 22.0 Å². The maximum Gasteiger partial charge on any atom is 0.318 e. The zero-order valence-electron chi connectivity index (χ0n) is 13.8. The molecule has 1 fully saturated rings. The van der Waals surface area contributed by atoms with E-state index in [1.165, 1.54) is 11.1 Å². The van der Waals surface area contributed by atoms with Gasteiger partial charge in [-0.3, -0.25) is 4.98 Å². The van der Waals surface area contributed by atoms with Crippen LogP contribution in [0.4, 0.5) is 4.79 Å². The molecule has 24 heavy (non-hydrogen) atoms. The normalized spacial score (nSPS) is 19.4. The van der Waals surface area contributed by atoms with Gasteiger partial charge in [-0.15, -0.1) is 0 Å². The number of aromatic nitrogens is 1. The summed E-state index contributed by atoms with van der Waals surface area (Å²) in [7, 11) is 0. The van der Waals surface area contributed by atoms with E-state index in [4.69, 9.17) is 0 Å². The lowest BCUT2D eigenvalue weighted by Crippen LogP contribution is -2.44. The third kappa shape index (κ3) is 3.14. The van der Waals surface area contributed by atoms with E-state index < -0.39 is 0 Å². The molecule has 2 aliphatic carbocycles. The van der Waals surface area contributed by atoms with Crippen LogP contribution in [0, 0.1) is 0 Å². The van der Waals surface area contributed by atoms with Gasteiger partial charge in [0, 0.05) is 12.2 Å². The number of hydrogen-bond acceptors (Lipinski definition) is 2. The zero-order chi connectivity index (χ0) is 16.4. The Balaban J connectivity index is 1.52. The number of aryl methyl sites for hydroxylation is 1. The first-order valence-electron chi connectivity index (χ1n) is 8.87. The highest BCUT2D eigenvalue weighted by Crippen LogP contribution is 2.40. The molecule has 2 aliphatic rings. The van der Waals surface area contributed by atoms with Crippen molar-refractivity contribution in [2.24, 2.45) is 0 Å². The van der Waals surface area contributed by atoms with Crippen molar-refractivity contribution >= 4 is 6.03 Å². The number of carbonyl (C=O) groups excluding carboxylic acids is 1. The minimum absolute atomic E-state index is 0.0462. The van der Waals surface area contributed by atoms with Gasteiger partial charge in [0.2, 0.25) is 0 Å². The maximum absolute atomic E-state index is 12.9. The molecule has 0 aliphatic heterocycles. The van der Waals surface area contributed by atoms with Gasteiger partial charge in [0.25, 0.3) is 0 Å². The minimum Gasteiger partial charge on any atom is -0.332 e. The molecule has 4 rings (SSSR count). The number of fused-ring (bicyclic) bond motifs is 1. The van der Waals surface area contributed by atoms with Crippen LogP contribution in [0.3, 0.4) is 0 Å². The Kier molecular flexibility index (Phi) is 4.20. The summed E-state index contributed by atoms with van der Waals surface area (Å²) < 4.78 is 0. The molecule has 4 heteroatoms. The second-order valence-corrected chi connectivity index (χ2v) is 6.73. The van der Waals surface area contributed by atoms with Gasteiger partial charge in [-0.05, 0) is 55.4 Å². The molecule has 0 saturated heterocycles. The summed E-state index contributed by atoms with van der Waals surface area (Å²) in [5.74, 6) is 0. The fourth-order valence-electron chi connectivity index (χ4n) is 3.69. The van der Waals surface area contributed by atoms with Crippen LogP contribution in [0.1, 0.15) is 48.5 Å². The van der Waals surface area contributed by atoms with Crippen LogP contribution < -0.4 is 5.32 Å². The number of nitrogens with zero attached hydrogens (tertiary/aromatic N) is 2. The first kappa shape index (κ1) is 15.2. The number of hydrogen-bond donors (Lipinski definition) is 1. The minimum atomic E-state index is 0.0462. The molecule has 1 atom stereocenters. The van der Waals surface area contributed by atoms with E-state index in [1.807, 2.05) is 18.2 Å². The Hall–Kier alpha value is -2.36. The standard InChI is InChI=1S/C20H23N3O/c24-20(22-14-16-8-3-4-13-21-16)23(17-11-12-17)19-10-5-7-15-6-1-2-9-18(15)19/h1-4,6,8-9,13,17,19H,5,7,10-12,14H2,(H,22,24).